The molecule has 0 aliphatic heterocycles. The second-order valence-electron chi connectivity index (χ2n) is 3.12. The van der Waals surface area contributed by atoms with E-state index in [0.717, 1.165) is 6.42 Å². The predicted molar refractivity (Wildman–Crippen MR) is 47.9 cm³/mol. The summed E-state index contributed by atoms with van der Waals surface area (Å²) in [6, 6.07) is 0.137. The number of hydrogen-bond acceptors (Lipinski definition) is 3. The lowest BCUT2D eigenvalue weighted by Gasteiger charge is -2.11. The van der Waals surface area contributed by atoms with Crippen molar-refractivity contribution >= 4 is 5.91 Å². The van der Waals surface area contributed by atoms with E-state index < -0.39 is 18.7 Å². The third kappa shape index (κ3) is 9.48. The Kier molecular flexibility index (Phi) is 6.26. The molecule has 0 aromatic rings. The van der Waals surface area contributed by atoms with Crippen molar-refractivity contribution in [1.82, 2.24) is 10.8 Å². The molecule has 0 saturated carbocycles. The van der Waals surface area contributed by atoms with Crippen LogP contribution in [0.15, 0.2) is 0 Å². The van der Waals surface area contributed by atoms with Gasteiger partial charge in [-0.1, -0.05) is 6.92 Å². The molecular formula is C8H15F3N2O2. The summed E-state index contributed by atoms with van der Waals surface area (Å²) in [5.41, 5.74) is 1.70. The molecule has 1 atom stereocenters. The number of hydrogen-bond donors (Lipinski definition) is 2. The third-order valence-corrected chi connectivity index (χ3v) is 1.65. The Labute approximate surface area is 86.1 Å². The highest BCUT2D eigenvalue weighted by molar-refractivity contribution is 5.76. The smallest absolute Gasteiger partial charge is 0.306 e. The van der Waals surface area contributed by atoms with Crippen molar-refractivity contribution in [1.29, 1.82) is 0 Å². The van der Waals surface area contributed by atoms with Crippen LogP contribution in [0.5, 0.6) is 0 Å². The van der Waals surface area contributed by atoms with Gasteiger partial charge in [0.25, 0.3) is 5.91 Å². The quantitative estimate of drug-likeness (QED) is 0.666. The maximum Gasteiger partial charge on any atom is 0.414 e. The fraction of sp³-hybridized carbons (Fsp3) is 0.875. The van der Waals surface area contributed by atoms with E-state index in [2.05, 4.69) is 10.2 Å². The molecule has 0 aromatic carbocycles. The number of rotatable bonds is 6. The minimum absolute atomic E-state index is 0.0626. The lowest BCUT2D eigenvalue weighted by Crippen LogP contribution is -2.39. The van der Waals surface area contributed by atoms with Gasteiger partial charge in [0.05, 0.1) is 6.54 Å². The van der Waals surface area contributed by atoms with Gasteiger partial charge in [-0.15, -0.1) is 0 Å². The summed E-state index contributed by atoms with van der Waals surface area (Å²) in [6.07, 6.45) is -3.60. The van der Waals surface area contributed by atoms with E-state index in [-0.39, 0.29) is 12.6 Å². The molecule has 0 aromatic heterocycles. The molecule has 0 fully saturated rings. The number of carbonyl (C=O) groups excluding carboxylic acids is 1. The first-order chi connectivity index (χ1) is 6.85. The van der Waals surface area contributed by atoms with Crippen molar-refractivity contribution in [2.45, 2.75) is 32.5 Å². The first-order valence-electron chi connectivity index (χ1n) is 4.56. The monoisotopic (exact) mass is 228 g/mol. The summed E-state index contributed by atoms with van der Waals surface area (Å²) in [4.78, 5) is 14.8. The Morgan fingerprint density at radius 2 is 2.07 bits per heavy atom. The largest absolute Gasteiger partial charge is 0.414 e. The van der Waals surface area contributed by atoms with Crippen molar-refractivity contribution in [3.05, 3.63) is 0 Å². The number of carbonyl (C=O) groups is 1. The fourth-order valence-electron chi connectivity index (χ4n) is 0.646. The van der Waals surface area contributed by atoms with Crippen molar-refractivity contribution in [3.63, 3.8) is 0 Å². The molecule has 4 nitrogen and oxygen atoms in total. The van der Waals surface area contributed by atoms with Crippen LogP contribution in [0, 0.1) is 0 Å². The summed E-state index contributed by atoms with van der Waals surface area (Å²) in [6.45, 7) is 2.24. The molecule has 0 heterocycles. The molecule has 1 amide bonds. The third-order valence-electron chi connectivity index (χ3n) is 1.65. The second kappa shape index (κ2) is 6.62. The van der Waals surface area contributed by atoms with Crippen molar-refractivity contribution in [2.75, 3.05) is 13.2 Å². The normalized spacial score (nSPS) is 13.7. The number of hydroxylamine groups is 1. The maximum atomic E-state index is 11.6. The lowest BCUT2D eigenvalue weighted by atomic mass is 10.2. The van der Waals surface area contributed by atoms with Gasteiger partial charge in [-0.3, -0.25) is 9.63 Å². The van der Waals surface area contributed by atoms with Crippen LogP contribution in [0.3, 0.4) is 0 Å². The predicted octanol–water partition coefficient (Wildman–Crippen LogP) is 0.985. The van der Waals surface area contributed by atoms with Gasteiger partial charge in [0.15, 0.2) is 6.61 Å². The van der Waals surface area contributed by atoms with Gasteiger partial charge in [-0.05, 0) is 13.3 Å². The summed E-state index contributed by atoms with van der Waals surface area (Å²) < 4.78 is 34.7. The zero-order valence-electron chi connectivity index (χ0n) is 8.65. The molecule has 15 heavy (non-hydrogen) atoms. The zero-order chi connectivity index (χ0) is 11.9. The molecule has 0 aliphatic rings. The summed E-state index contributed by atoms with van der Waals surface area (Å²) in [7, 11) is 0. The van der Waals surface area contributed by atoms with Gasteiger partial charge >= 0.3 is 6.18 Å². The summed E-state index contributed by atoms with van der Waals surface area (Å²) >= 11 is 0. The molecule has 0 saturated heterocycles. The van der Waals surface area contributed by atoms with Crippen LogP contribution in [0.2, 0.25) is 0 Å². The van der Waals surface area contributed by atoms with Crippen LogP contribution < -0.4 is 10.8 Å². The van der Waals surface area contributed by atoms with Crippen LogP contribution in [0.1, 0.15) is 20.3 Å². The number of halogens is 3. The molecular weight excluding hydrogens is 213 g/mol. The average molecular weight is 228 g/mol. The zero-order valence-corrected chi connectivity index (χ0v) is 8.65. The maximum absolute atomic E-state index is 11.6. The van der Waals surface area contributed by atoms with Gasteiger partial charge in [-0.2, -0.15) is 13.2 Å². The Balaban J connectivity index is 3.50. The number of nitrogens with one attached hydrogen (secondary N) is 2. The molecule has 1 unspecified atom stereocenters. The van der Waals surface area contributed by atoms with E-state index in [9.17, 15) is 18.0 Å². The Hall–Kier alpha value is -0.820. The highest BCUT2D eigenvalue weighted by atomic mass is 19.4. The van der Waals surface area contributed by atoms with Crippen LogP contribution in [0.25, 0.3) is 0 Å². The first kappa shape index (κ1) is 14.2. The van der Waals surface area contributed by atoms with Crippen LogP contribution in [0.4, 0.5) is 13.2 Å². The van der Waals surface area contributed by atoms with E-state index in [1.807, 2.05) is 13.8 Å². The molecule has 0 spiro atoms. The van der Waals surface area contributed by atoms with Gasteiger partial charge in [-0.25, -0.2) is 5.48 Å². The van der Waals surface area contributed by atoms with Gasteiger partial charge in [0.2, 0.25) is 0 Å². The van der Waals surface area contributed by atoms with Gasteiger partial charge < -0.3 is 5.32 Å². The van der Waals surface area contributed by atoms with E-state index in [1.165, 1.54) is 0 Å². The highest BCUT2D eigenvalue weighted by Crippen LogP contribution is 2.13. The molecule has 2 N–H and O–H groups in total. The first-order valence-corrected chi connectivity index (χ1v) is 4.56. The van der Waals surface area contributed by atoms with Crippen LogP contribution in [-0.2, 0) is 9.63 Å². The fourth-order valence-corrected chi connectivity index (χ4v) is 0.646. The van der Waals surface area contributed by atoms with Crippen molar-refractivity contribution in [3.8, 4) is 0 Å². The summed E-state index contributed by atoms with van der Waals surface area (Å²) in [5, 5.41) is 2.81. The Morgan fingerprint density at radius 1 is 1.47 bits per heavy atom. The van der Waals surface area contributed by atoms with Crippen molar-refractivity contribution < 1.29 is 22.8 Å². The standard InChI is InChI=1S/C8H15F3N2O2/c1-3-6(2)12-4-7(14)13-15-5-8(9,10)11/h6,12H,3-5H2,1-2H3,(H,13,14). The topological polar surface area (TPSA) is 50.4 Å². The highest BCUT2D eigenvalue weighted by Gasteiger charge is 2.28. The van der Waals surface area contributed by atoms with E-state index in [1.54, 1.807) is 5.48 Å². The minimum Gasteiger partial charge on any atom is -0.306 e. The molecule has 90 valence electrons. The van der Waals surface area contributed by atoms with E-state index in [0.29, 0.717) is 0 Å². The molecule has 0 radical (unpaired) electrons. The molecule has 0 aliphatic carbocycles. The second-order valence-corrected chi connectivity index (χ2v) is 3.12. The number of amides is 1. The van der Waals surface area contributed by atoms with Crippen LogP contribution >= 0.6 is 0 Å². The van der Waals surface area contributed by atoms with E-state index in [4.69, 9.17) is 0 Å². The summed E-state index contributed by atoms with van der Waals surface area (Å²) in [5.74, 6) is -0.625. The molecule has 7 heteroatoms. The Morgan fingerprint density at radius 3 is 2.53 bits per heavy atom. The SMILES string of the molecule is CCC(C)NCC(=O)NOCC(F)(F)F. The molecule has 0 rings (SSSR count). The van der Waals surface area contributed by atoms with Gasteiger partial charge in [0, 0.05) is 6.04 Å². The number of alkyl halides is 3. The minimum atomic E-state index is -4.43. The van der Waals surface area contributed by atoms with Gasteiger partial charge in [0.1, 0.15) is 0 Å². The van der Waals surface area contributed by atoms with E-state index >= 15 is 0 Å². The average Bonchev–Trinajstić information content (AvgIpc) is 2.12. The van der Waals surface area contributed by atoms with Crippen molar-refractivity contribution in [2.24, 2.45) is 0 Å². The van der Waals surface area contributed by atoms with Crippen LogP contribution in [-0.4, -0.2) is 31.3 Å². The lowest BCUT2D eigenvalue weighted by molar-refractivity contribution is -0.191. The Bertz CT molecular complexity index is 197. The molecule has 0 bridgehead atoms.